The molecule has 2 aromatic heterocycles. The summed E-state index contributed by atoms with van der Waals surface area (Å²) >= 11 is 2.86. The van der Waals surface area contributed by atoms with Crippen LogP contribution in [0.15, 0.2) is 76.5 Å². The number of fused-ring (bicyclic) bond motifs is 1. The van der Waals surface area contributed by atoms with Crippen molar-refractivity contribution in [3.8, 4) is 0 Å². The second-order valence-corrected chi connectivity index (χ2v) is 9.00. The summed E-state index contributed by atoms with van der Waals surface area (Å²) in [6.07, 6.45) is 1.69. The predicted octanol–water partition coefficient (Wildman–Crippen LogP) is 5.32. The Hall–Kier alpha value is -3.23. The average molecular weight is 463 g/mol. The number of anilines is 2. The minimum atomic E-state index is -0.0971. The minimum Gasteiger partial charge on any atom is -0.283 e. The molecular weight excluding hydrogens is 440 g/mol. The number of hydrogen-bond donors (Lipinski definition) is 0. The molecule has 0 spiro atoms. The molecule has 8 heteroatoms. The van der Waals surface area contributed by atoms with Crippen molar-refractivity contribution in [1.29, 1.82) is 0 Å². The fourth-order valence-corrected chi connectivity index (χ4v) is 5.24. The molecule has 0 radical (unpaired) electrons. The van der Waals surface area contributed by atoms with Crippen molar-refractivity contribution in [2.45, 2.75) is 31.3 Å². The third-order valence-electron chi connectivity index (χ3n) is 4.79. The number of aromatic nitrogens is 3. The molecule has 0 aliphatic heterocycles. The summed E-state index contributed by atoms with van der Waals surface area (Å²) < 4.78 is 1.63. The van der Waals surface area contributed by atoms with Crippen molar-refractivity contribution in [3.05, 3.63) is 88.2 Å². The Morgan fingerprint density at radius 3 is 2.78 bits per heavy atom. The van der Waals surface area contributed by atoms with Crippen molar-refractivity contribution >= 4 is 50.7 Å². The van der Waals surface area contributed by atoms with Crippen LogP contribution in [0, 0.1) is 6.92 Å². The molecule has 0 atom stereocenters. The number of carbonyl (C=O) groups is 1. The molecule has 0 bridgehead atoms. The van der Waals surface area contributed by atoms with Crippen LogP contribution in [0.5, 0.6) is 0 Å². The Labute approximate surface area is 194 Å². The van der Waals surface area contributed by atoms with Gasteiger partial charge in [0, 0.05) is 24.6 Å². The topological polar surface area (TPSA) is 68.1 Å². The molecule has 2 heterocycles. The molecule has 0 unspecified atom stereocenters. The number of para-hydroxylation sites is 1. The number of allylic oxidation sites excluding steroid dienone is 1. The van der Waals surface area contributed by atoms with Crippen molar-refractivity contribution < 1.29 is 4.79 Å². The molecule has 0 aliphatic rings. The second kappa shape index (κ2) is 9.50. The van der Waals surface area contributed by atoms with Crippen LogP contribution in [0.3, 0.4) is 0 Å². The van der Waals surface area contributed by atoms with Crippen molar-refractivity contribution in [2.75, 3.05) is 4.90 Å². The fraction of sp³-hybridized carbons (Fsp3) is 0.167. The first kappa shape index (κ1) is 22.0. The first-order chi connectivity index (χ1) is 15.5. The quantitative estimate of drug-likeness (QED) is 0.211. The Balaban J connectivity index is 1.61. The molecule has 0 aliphatic carbocycles. The van der Waals surface area contributed by atoms with Gasteiger partial charge in [-0.2, -0.15) is 0 Å². The number of aryl methyl sites for hydroxylation is 1. The molecule has 2 aromatic carbocycles. The molecule has 4 aromatic rings. The Kier molecular flexibility index (Phi) is 6.53. The smallest absolute Gasteiger partial charge is 0.262 e. The summed E-state index contributed by atoms with van der Waals surface area (Å²) in [6.45, 7) is 7.67. The molecule has 0 saturated carbocycles. The van der Waals surface area contributed by atoms with Gasteiger partial charge < -0.3 is 0 Å². The van der Waals surface area contributed by atoms with E-state index in [2.05, 4.69) is 16.5 Å². The van der Waals surface area contributed by atoms with Gasteiger partial charge in [-0.15, -0.1) is 17.9 Å². The van der Waals surface area contributed by atoms with Gasteiger partial charge in [-0.3, -0.25) is 19.1 Å². The van der Waals surface area contributed by atoms with Crippen LogP contribution in [-0.4, -0.2) is 20.4 Å². The van der Waals surface area contributed by atoms with Gasteiger partial charge in [-0.25, -0.2) is 9.97 Å². The number of carbonyl (C=O) groups excluding carboxylic acids is 1. The largest absolute Gasteiger partial charge is 0.283 e. The number of rotatable bonds is 7. The predicted molar refractivity (Wildman–Crippen MR) is 132 cm³/mol. The Bertz CT molecular complexity index is 1360. The number of hydrogen-bond acceptors (Lipinski definition) is 6. The summed E-state index contributed by atoms with van der Waals surface area (Å²) in [5.74, 6) is 0.429. The third kappa shape index (κ3) is 4.51. The van der Waals surface area contributed by atoms with E-state index < -0.39 is 0 Å². The number of benzene rings is 2. The SMILES string of the molecule is C=CCn1c(SCc2csc(N(C(C)=O)c3cccc(C)c3)n2)nc2ccccc2c1=O. The minimum absolute atomic E-state index is 0.0841. The first-order valence-electron chi connectivity index (χ1n) is 10.0. The van der Waals surface area contributed by atoms with E-state index in [-0.39, 0.29) is 11.5 Å². The van der Waals surface area contributed by atoms with E-state index in [4.69, 9.17) is 0 Å². The van der Waals surface area contributed by atoms with Crippen LogP contribution in [0.1, 0.15) is 18.2 Å². The maximum absolute atomic E-state index is 12.9. The highest BCUT2D eigenvalue weighted by atomic mass is 32.2. The van der Waals surface area contributed by atoms with Gasteiger partial charge in [0.05, 0.1) is 22.3 Å². The average Bonchev–Trinajstić information content (AvgIpc) is 3.23. The van der Waals surface area contributed by atoms with Gasteiger partial charge in [-0.1, -0.05) is 42.1 Å². The number of thioether (sulfide) groups is 1. The lowest BCUT2D eigenvalue weighted by Crippen LogP contribution is -2.23. The van der Waals surface area contributed by atoms with E-state index in [0.29, 0.717) is 33.5 Å². The van der Waals surface area contributed by atoms with E-state index in [1.165, 1.54) is 30.0 Å². The summed E-state index contributed by atoms with van der Waals surface area (Å²) in [6, 6.07) is 15.1. The molecule has 0 saturated heterocycles. The van der Waals surface area contributed by atoms with Crippen LogP contribution in [0.25, 0.3) is 10.9 Å². The van der Waals surface area contributed by atoms with Crippen LogP contribution >= 0.6 is 23.1 Å². The lowest BCUT2D eigenvalue weighted by molar-refractivity contribution is -0.115. The zero-order valence-electron chi connectivity index (χ0n) is 17.8. The van der Waals surface area contributed by atoms with E-state index >= 15 is 0 Å². The molecular formula is C24H22N4O2S2. The molecule has 0 N–H and O–H groups in total. The van der Waals surface area contributed by atoms with E-state index in [1.807, 2.05) is 54.8 Å². The standard InChI is InChI=1S/C24H22N4O2S2/c1-4-12-27-22(30)20-10-5-6-11-21(20)26-23(27)31-14-18-15-32-24(25-18)28(17(3)29)19-9-7-8-16(2)13-19/h4-11,13,15H,1,12,14H2,2-3H3. The molecule has 6 nitrogen and oxygen atoms in total. The highest BCUT2D eigenvalue weighted by molar-refractivity contribution is 7.98. The van der Waals surface area contributed by atoms with Crippen molar-refractivity contribution in [1.82, 2.24) is 14.5 Å². The maximum Gasteiger partial charge on any atom is 0.262 e. The molecule has 1 amide bonds. The summed E-state index contributed by atoms with van der Waals surface area (Å²) in [5, 5.41) is 3.76. The van der Waals surface area contributed by atoms with Gasteiger partial charge >= 0.3 is 0 Å². The normalized spacial score (nSPS) is 10.9. The molecule has 162 valence electrons. The van der Waals surface area contributed by atoms with Gasteiger partial charge in [0.25, 0.3) is 5.56 Å². The van der Waals surface area contributed by atoms with Crippen molar-refractivity contribution in [3.63, 3.8) is 0 Å². The summed E-state index contributed by atoms with van der Waals surface area (Å²) in [5.41, 5.74) is 3.27. The lowest BCUT2D eigenvalue weighted by Gasteiger charge is -2.18. The second-order valence-electron chi connectivity index (χ2n) is 7.22. The zero-order valence-corrected chi connectivity index (χ0v) is 19.4. The zero-order chi connectivity index (χ0) is 22.7. The Morgan fingerprint density at radius 2 is 2.03 bits per heavy atom. The Morgan fingerprint density at radius 1 is 1.22 bits per heavy atom. The highest BCUT2D eigenvalue weighted by Gasteiger charge is 2.19. The van der Waals surface area contributed by atoms with Crippen LogP contribution in [0.4, 0.5) is 10.8 Å². The number of nitrogens with zero attached hydrogens (tertiary/aromatic N) is 4. The summed E-state index contributed by atoms with van der Waals surface area (Å²) in [4.78, 5) is 36.2. The highest BCUT2D eigenvalue weighted by Crippen LogP contribution is 2.31. The number of thiazole rings is 1. The lowest BCUT2D eigenvalue weighted by atomic mass is 10.2. The monoisotopic (exact) mass is 462 g/mol. The van der Waals surface area contributed by atoms with E-state index in [0.717, 1.165) is 16.9 Å². The fourth-order valence-electron chi connectivity index (χ4n) is 3.35. The third-order valence-corrected chi connectivity index (χ3v) is 6.68. The first-order valence-corrected chi connectivity index (χ1v) is 11.9. The summed E-state index contributed by atoms with van der Waals surface area (Å²) in [7, 11) is 0. The maximum atomic E-state index is 12.9. The van der Waals surface area contributed by atoms with Crippen LogP contribution in [-0.2, 0) is 17.1 Å². The van der Waals surface area contributed by atoms with E-state index in [1.54, 1.807) is 21.6 Å². The molecule has 0 fully saturated rings. The van der Waals surface area contributed by atoms with Gasteiger partial charge in [0.1, 0.15) is 0 Å². The van der Waals surface area contributed by atoms with Crippen LogP contribution < -0.4 is 10.5 Å². The molecule has 4 rings (SSSR count). The van der Waals surface area contributed by atoms with Crippen molar-refractivity contribution in [2.24, 2.45) is 0 Å². The van der Waals surface area contributed by atoms with Crippen LogP contribution in [0.2, 0.25) is 0 Å². The molecule has 32 heavy (non-hydrogen) atoms. The number of amides is 1. The van der Waals surface area contributed by atoms with Gasteiger partial charge in [0.15, 0.2) is 10.3 Å². The van der Waals surface area contributed by atoms with Gasteiger partial charge in [0.2, 0.25) is 5.91 Å². The van der Waals surface area contributed by atoms with E-state index in [9.17, 15) is 9.59 Å². The van der Waals surface area contributed by atoms with Gasteiger partial charge in [-0.05, 0) is 36.8 Å².